The predicted molar refractivity (Wildman–Crippen MR) is 96.7 cm³/mol. The van der Waals surface area contributed by atoms with Crippen LogP contribution in [0.1, 0.15) is 17.5 Å². The van der Waals surface area contributed by atoms with Crippen molar-refractivity contribution < 1.29 is 23.9 Å². The topological polar surface area (TPSA) is 105 Å². The number of nitrogens with one attached hydrogen (secondary N) is 2. The van der Waals surface area contributed by atoms with Crippen molar-refractivity contribution in [1.29, 1.82) is 0 Å². The Morgan fingerprint density at radius 3 is 2.48 bits per heavy atom. The third kappa shape index (κ3) is 3.55. The molecule has 1 fully saturated rings. The molecule has 142 valence electrons. The average Bonchev–Trinajstić information content (AvgIpc) is 2.60. The predicted octanol–water partition coefficient (Wildman–Crippen LogP) is 0.442. The van der Waals surface area contributed by atoms with E-state index in [1.807, 2.05) is 32.0 Å². The number of methoxy groups -OCH3 is 1. The summed E-state index contributed by atoms with van der Waals surface area (Å²) in [5, 5.41) is 5.42. The minimum Gasteiger partial charge on any atom is -0.465 e. The Kier molecular flexibility index (Phi) is 4.98. The number of benzene rings is 1. The monoisotopic (exact) mass is 371 g/mol. The van der Waals surface area contributed by atoms with Crippen molar-refractivity contribution in [3.63, 3.8) is 0 Å². The number of ether oxygens (including phenoxy) is 1. The Morgan fingerprint density at radius 1 is 1.19 bits per heavy atom. The minimum atomic E-state index is -0.870. The van der Waals surface area contributed by atoms with E-state index >= 15 is 0 Å². The van der Waals surface area contributed by atoms with Crippen molar-refractivity contribution in [3.05, 3.63) is 40.6 Å². The lowest BCUT2D eigenvalue weighted by atomic mass is 9.92. The molecule has 27 heavy (non-hydrogen) atoms. The number of fused-ring (bicyclic) bond motifs is 1. The molecule has 0 unspecified atom stereocenters. The second kappa shape index (κ2) is 7.22. The van der Waals surface area contributed by atoms with Gasteiger partial charge < -0.3 is 20.3 Å². The van der Waals surface area contributed by atoms with Crippen molar-refractivity contribution in [2.75, 3.05) is 25.5 Å². The van der Waals surface area contributed by atoms with E-state index in [4.69, 9.17) is 0 Å². The molecule has 2 aliphatic heterocycles. The molecular weight excluding hydrogens is 350 g/mol. The molecule has 1 aromatic rings. The number of ketones is 1. The van der Waals surface area contributed by atoms with Crippen LogP contribution in [0.25, 0.3) is 0 Å². The van der Waals surface area contributed by atoms with E-state index < -0.39 is 29.6 Å². The lowest BCUT2D eigenvalue weighted by molar-refractivity contribution is -0.141. The molecule has 2 heterocycles. The molecule has 0 aromatic heterocycles. The molecule has 0 aliphatic carbocycles. The first-order valence-electron chi connectivity index (χ1n) is 8.61. The van der Waals surface area contributed by atoms with Gasteiger partial charge >= 0.3 is 5.97 Å². The zero-order valence-corrected chi connectivity index (χ0v) is 15.4. The molecule has 0 saturated carbocycles. The van der Waals surface area contributed by atoms with Crippen LogP contribution in [0.2, 0.25) is 0 Å². The van der Waals surface area contributed by atoms with Gasteiger partial charge in [0.25, 0.3) is 5.91 Å². The lowest BCUT2D eigenvalue weighted by Crippen LogP contribution is -2.57. The summed E-state index contributed by atoms with van der Waals surface area (Å²) in [5.41, 5.74) is 2.22. The number of esters is 1. The molecule has 0 bridgehead atoms. The molecule has 0 spiro atoms. The van der Waals surface area contributed by atoms with E-state index in [2.05, 4.69) is 15.4 Å². The molecule has 1 saturated heterocycles. The van der Waals surface area contributed by atoms with Crippen LogP contribution < -0.4 is 10.6 Å². The van der Waals surface area contributed by atoms with Crippen LogP contribution in [0.15, 0.2) is 29.5 Å². The Bertz CT molecular complexity index is 854. The second-order valence-electron chi connectivity index (χ2n) is 6.67. The van der Waals surface area contributed by atoms with Crippen LogP contribution in [0.4, 0.5) is 5.69 Å². The Labute approximate surface area is 156 Å². The smallest absolute Gasteiger partial charge is 0.343 e. The Balaban J connectivity index is 1.94. The van der Waals surface area contributed by atoms with Crippen LogP contribution >= 0.6 is 0 Å². The SMILES string of the molecule is COC(=O)C1=C2C(=O)NCCN2[C@@H](C(=O)Nc2cc(C)cc(C)c2)CC1=O. The fourth-order valence-electron chi connectivity index (χ4n) is 3.52. The molecule has 0 radical (unpaired) electrons. The van der Waals surface area contributed by atoms with Crippen molar-refractivity contribution in [1.82, 2.24) is 10.2 Å². The van der Waals surface area contributed by atoms with Gasteiger partial charge in [0, 0.05) is 25.2 Å². The van der Waals surface area contributed by atoms with Gasteiger partial charge in [-0.2, -0.15) is 0 Å². The summed E-state index contributed by atoms with van der Waals surface area (Å²) in [7, 11) is 1.15. The first-order valence-corrected chi connectivity index (χ1v) is 8.61. The van der Waals surface area contributed by atoms with Crippen molar-refractivity contribution in [3.8, 4) is 0 Å². The van der Waals surface area contributed by atoms with Crippen LogP contribution in [0.5, 0.6) is 0 Å². The molecular formula is C19H21N3O5. The average molecular weight is 371 g/mol. The van der Waals surface area contributed by atoms with Crippen molar-refractivity contribution >= 4 is 29.3 Å². The number of aryl methyl sites for hydroxylation is 2. The summed E-state index contributed by atoms with van der Waals surface area (Å²) >= 11 is 0. The number of nitrogens with zero attached hydrogens (tertiary/aromatic N) is 1. The van der Waals surface area contributed by atoms with Crippen molar-refractivity contribution in [2.24, 2.45) is 0 Å². The first-order chi connectivity index (χ1) is 12.8. The minimum absolute atomic E-state index is 0.0927. The highest BCUT2D eigenvalue weighted by Crippen LogP contribution is 2.28. The fraction of sp³-hybridized carbons (Fsp3) is 0.368. The number of rotatable bonds is 3. The zero-order valence-electron chi connectivity index (χ0n) is 15.4. The molecule has 1 atom stereocenters. The molecule has 2 amide bonds. The van der Waals surface area contributed by atoms with Crippen LogP contribution in [-0.4, -0.2) is 54.7 Å². The van der Waals surface area contributed by atoms with Gasteiger partial charge in [-0.05, 0) is 37.1 Å². The van der Waals surface area contributed by atoms with Gasteiger partial charge in [0.1, 0.15) is 17.3 Å². The largest absolute Gasteiger partial charge is 0.465 e. The highest BCUT2D eigenvalue weighted by atomic mass is 16.5. The lowest BCUT2D eigenvalue weighted by Gasteiger charge is -2.40. The van der Waals surface area contributed by atoms with Gasteiger partial charge in [0.2, 0.25) is 5.91 Å². The molecule has 2 aliphatic rings. The maximum atomic E-state index is 12.9. The molecule has 3 rings (SSSR count). The Morgan fingerprint density at radius 2 is 1.85 bits per heavy atom. The summed E-state index contributed by atoms with van der Waals surface area (Å²) in [4.78, 5) is 51.2. The number of Topliss-reactive ketones (excluding diaryl/α,β-unsaturated/α-hetero) is 1. The number of piperazine rings is 1. The van der Waals surface area contributed by atoms with Gasteiger partial charge in [-0.3, -0.25) is 14.4 Å². The van der Waals surface area contributed by atoms with Gasteiger partial charge in [-0.1, -0.05) is 6.07 Å². The molecule has 8 nitrogen and oxygen atoms in total. The van der Waals surface area contributed by atoms with Gasteiger partial charge in [0.05, 0.1) is 7.11 Å². The number of carbonyl (C=O) groups is 4. The van der Waals surface area contributed by atoms with E-state index in [9.17, 15) is 19.2 Å². The third-order valence-electron chi connectivity index (χ3n) is 4.59. The maximum Gasteiger partial charge on any atom is 0.343 e. The van der Waals surface area contributed by atoms with E-state index in [1.54, 1.807) is 0 Å². The van der Waals surface area contributed by atoms with E-state index in [-0.39, 0.29) is 17.7 Å². The number of amides is 2. The fourth-order valence-corrected chi connectivity index (χ4v) is 3.52. The summed E-state index contributed by atoms with van der Waals surface area (Å²) in [5.74, 6) is -2.40. The van der Waals surface area contributed by atoms with Crippen LogP contribution in [0, 0.1) is 13.8 Å². The number of carbonyl (C=O) groups excluding carboxylic acids is 4. The first kappa shape index (κ1) is 18.6. The summed E-state index contributed by atoms with van der Waals surface area (Å²) in [6, 6.07) is 4.77. The third-order valence-corrected chi connectivity index (χ3v) is 4.59. The van der Waals surface area contributed by atoms with E-state index in [1.165, 1.54) is 4.90 Å². The molecule has 1 aromatic carbocycles. The van der Waals surface area contributed by atoms with Crippen LogP contribution in [-0.2, 0) is 23.9 Å². The summed E-state index contributed by atoms with van der Waals surface area (Å²) < 4.78 is 4.65. The molecule has 8 heteroatoms. The number of hydrogen-bond donors (Lipinski definition) is 2. The van der Waals surface area contributed by atoms with Crippen LogP contribution in [0.3, 0.4) is 0 Å². The standard InChI is InChI=1S/C19H21N3O5/c1-10-6-11(2)8-12(7-10)21-17(24)13-9-14(23)15(19(26)27-3)16-18(25)20-4-5-22(13)16/h6-8,13H,4-5,9H2,1-3H3,(H,20,25)(H,21,24)/t13-/m1/s1. The number of anilines is 1. The van der Waals surface area contributed by atoms with Gasteiger partial charge in [-0.15, -0.1) is 0 Å². The molecule has 2 N–H and O–H groups in total. The highest BCUT2D eigenvalue weighted by Gasteiger charge is 2.44. The van der Waals surface area contributed by atoms with Gasteiger partial charge in [0.15, 0.2) is 5.78 Å². The normalized spacial score (nSPS) is 19.4. The second-order valence-corrected chi connectivity index (χ2v) is 6.67. The maximum absolute atomic E-state index is 12.9. The van der Waals surface area contributed by atoms with Crippen molar-refractivity contribution in [2.45, 2.75) is 26.3 Å². The Hall–Kier alpha value is -3.16. The quantitative estimate of drug-likeness (QED) is 0.590. The van der Waals surface area contributed by atoms with Gasteiger partial charge in [-0.25, -0.2) is 4.79 Å². The highest BCUT2D eigenvalue weighted by molar-refractivity contribution is 6.24. The summed E-state index contributed by atoms with van der Waals surface area (Å²) in [6.45, 7) is 4.48. The summed E-state index contributed by atoms with van der Waals surface area (Å²) in [6.07, 6.45) is -0.197. The number of hydrogen-bond acceptors (Lipinski definition) is 6. The zero-order chi connectivity index (χ0) is 19.7. The van der Waals surface area contributed by atoms with E-state index in [0.717, 1.165) is 18.2 Å². The van der Waals surface area contributed by atoms with E-state index in [0.29, 0.717) is 18.8 Å².